The lowest BCUT2D eigenvalue weighted by Crippen LogP contribution is -2.26. The second kappa shape index (κ2) is 12.7. The van der Waals surface area contributed by atoms with E-state index >= 15 is 0 Å². The predicted octanol–water partition coefficient (Wildman–Crippen LogP) is 9.86. The third-order valence-electron chi connectivity index (χ3n) is 8.76. The zero-order chi connectivity index (χ0) is 30.5. The number of hydrogen-bond acceptors (Lipinski definition) is 3. The first kappa shape index (κ1) is 31.2. The summed E-state index contributed by atoms with van der Waals surface area (Å²) in [5.41, 5.74) is 6.97. The molecule has 0 unspecified atom stereocenters. The highest BCUT2D eigenvalue weighted by atomic mass is 16.5. The lowest BCUT2D eigenvalue weighted by atomic mass is 9.69. The van der Waals surface area contributed by atoms with E-state index in [1.165, 1.54) is 33.4 Å². The maximum absolute atomic E-state index is 5.73. The Bertz CT molecular complexity index is 1250. The van der Waals surface area contributed by atoms with Gasteiger partial charge in [-0.3, -0.25) is 0 Å². The lowest BCUT2D eigenvalue weighted by Gasteiger charge is -2.35. The standard InChI is InChI=1S/C39H48O3/c1-10-40-34-19-13-28(14-20-34)37(4,5)31-25-32(38(6,7)29-15-21-35(22-16-29)41-11-2)27-33(26-31)39(8,9)30-17-23-36(24-18-30)42-12-3/h13-27H,10-12H2,1-9H3. The Morgan fingerprint density at radius 2 is 0.571 bits per heavy atom. The molecule has 4 aromatic rings. The lowest BCUT2D eigenvalue weighted by molar-refractivity contribution is 0.340. The summed E-state index contributed by atoms with van der Waals surface area (Å²) >= 11 is 0. The summed E-state index contributed by atoms with van der Waals surface area (Å²) in [7, 11) is 0. The van der Waals surface area contributed by atoms with E-state index in [0.29, 0.717) is 19.8 Å². The minimum absolute atomic E-state index is 0.223. The molecule has 0 aliphatic heterocycles. The highest BCUT2D eigenvalue weighted by Crippen LogP contribution is 2.42. The van der Waals surface area contributed by atoms with Gasteiger partial charge in [-0.1, -0.05) is 96.1 Å². The maximum Gasteiger partial charge on any atom is 0.119 e. The fourth-order valence-corrected chi connectivity index (χ4v) is 5.61. The van der Waals surface area contributed by atoms with Gasteiger partial charge in [-0.05, 0) is 90.6 Å². The van der Waals surface area contributed by atoms with Crippen LogP contribution in [-0.4, -0.2) is 19.8 Å². The summed E-state index contributed by atoms with van der Waals surface area (Å²) in [6.07, 6.45) is 0. The van der Waals surface area contributed by atoms with Gasteiger partial charge in [0, 0.05) is 16.2 Å². The van der Waals surface area contributed by atoms with Gasteiger partial charge in [-0.15, -0.1) is 0 Å². The number of hydrogen-bond donors (Lipinski definition) is 0. The van der Waals surface area contributed by atoms with E-state index in [2.05, 4.69) is 133 Å². The molecule has 0 aromatic heterocycles. The highest BCUT2D eigenvalue weighted by molar-refractivity contribution is 5.51. The molecule has 0 aliphatic rings. The molecule has 222 valence electrons. The average Bonchev–Trinajstić information content (AvgIpc) is 2.98. The molecule has 3 nitrogen and oxygen atoms in total. The summed E-state index contributed by atoms with van der Waals surface area (Å²) in [4.78, 5) is 0. The van der Waals surface area contributed by atoms with Crippen molar-refractivity contribution in [2.24, 2.45) is 0 Å². The molecule has 0 heterocycles. The molecule has 42 heavy (non-hydrogen) atoms. The van der Waals surface area contributed by atoms with Crippen molar-refractivity contribution in [3.8, 4) is 17.2 Å². The van der Waals surface area contributed by atoms with Gasteiger partial charge in [0.25, 0.3) is 0 Å². The number of benzene rings is 4. The van der Waals surface area contributed by atoms with Gasteiger partial charge in [-0.2, -0.15) is 0 Å². The Balaban J connectivity index is 1.86. The molecule has 0 atom stereocenters. The quantitative estimate of drug-likeness (QED) is 0.171. The summed E-state index contributed by atoms with van der Waals surface area (Å²) in [6, 6.07) is 32.9. The molecule has 0 spiro atoms. The molecule has 0 saturated heterocycles. The van der Waals surface area contributed by atoms with Crippen molar-refractivity contribution >= 4 is 0 Å². The Morgan fingerprint density at radius 3 is 0.762 bits per heavy atom. The zero-order valence-electron chi connectivity index (χ0n) is 27.0. The van der Waals surface area contributed by atoms with Crippen LogP contribution in [0.5, 0.6) is 17.2 Å². The Kier molecular flexibility index (Phi) is 9.40. The van der Waals surface area contributed by atoms with Crippen LogP contribution in [0.15, 0.2) is 91.0 Å². The highest BCUT2D eigenvalue weighted by Gasteiger charge is 2.32. The fraction of sp³-hybridized carbons (Fsp3) is 0.385. The van der Waals surface area contributed by atoms with Gasteiger partial charge in [0.05, 0.1) is 19.8 Å². The van der Waals surface area contributed by atoms with Crippen LogP contribution in [0.3, 0.4) is 0 Å². The van der Waals surface area contributed by atoms with E-state index in [9.17, 15) is 0 Å². The molecule has 3 heteroatoms. The summed E-state index contributed by atoms with van der Waals surface area (Å²) < 4.78 is 17.2. The van der Waals surface area contributed by atoms with Gasteiger partial charge >= 0.3 is 0 Å². The zero-order valence-corrected chi connectivity index (χ0v) is 27.0. The van der Waals surface area contributed by atoms with Crippen LogP contribution in [0, 0.1) is 0 Å². The first-order valence-corrected chi connectivity index (χ1v) is 15.3. The molecular formula is C39H48O3. The summed E-state index contributed by atoms with van der Waals surface area (Å²) in [6.45, 7) is 22.0. The fourth-order valence-electron chi connectivity index (χ4n) is 5.61. The number of ether oxygens (including phenoxy) is 3. The first-order valence-electron chi connectivity index (χ1n) is 15.3. The van der Waals surface area contributed by atoms with E-state index in [0.717, 1.165) is 17.2 Å². The topological polar surface area (TPSA) is 27.7 Å². The molecule has 0 radical (unpaired) electrons. The van der Waals surface area contributed by atoms with Crippen LogP contribution >= 0.6 is 0 Å². The average molecular weight is 565 g/mol. The Morgan fingerprint density at radius 1 is 0.357 bits per heavy atom. The normalized spacial score (nSPS) is 12.2. The van der Waals surface area contributed by atoms with Crippen molar-refractivity contribution in [2.45, 2.75) is 78.6 Å². The van der Waals surface area contributed by atoms with Crippen molar-refractivity contribution in [2.75, 3.05) is 19.8 Å². The smallest absolute Gasteiger partial charge is 0.119 e. The minimum Gasteiger partial charge on any atom is -0.494 e. The second-order valence-electron chi connectivity index (χ2n) is 12.5. The molecular weight excluding hydrogens is 516 g/mol. The van der Waals surface area contributed by atoms with Crippen LogP contribution < -0.4 is 14.2 Å². The monoisotopic (exact) mass is 564 g/mol. The van der Waals surface area contributed by atoms with Crippen LogP contribution in [-0.2, 0) is 16.2 Å². The van der Waals surface area contributed by atoms with E-state index in [1.807, 2.05) is 20.8 Å². The Hall–Kier alpha value is -3.72. The third-order valence-corrected chi connectivity index (χ3v) is 8.76. The summed E-state index contributed by atoms with van der Waals surface area (Å²) in [5.74, 6) is 2.71. The van der Waals surface area contributed by atoms with Crippen LogP contribution in [0.25, 0.3) is 0 Å². The van der Waals surface area contributed by atoms with Crippen LogP contribution in [0.4, 0.5) is 0 Å². The molecule has 0 bridgehead atoms. The molecule has 0 amide bonds. The van der Waals surface area contributed by atoms with Gasteiger partial charge in [0.2, 0.25) is 0 Å². The van der Waals surface area contributed by atoms with Crippen LogP contribution in [0.1, 0.15) is 95.7 Å². The van der Waals surface area contributed by atoms with Crippen molar-refractivity contribution in [1.82, 2.24) is 0 Å². The Labute approximate surface area is 253 Å². The second-order valence-corrected chi connectivity index (χ2v) is 12.5. The van der Waals surface area contributed by atoms with Gasteiger partial charge in [-0.25, -0.2) is 0 Å². The van der Waals surface area contributed by atoms with Gasteiger partial charge in [0.1, 0.15) is 17.2 Å². The van der Waals surface area contributed by atoms with Crippen molar-refractivity contribution < 1.29 is 14.2 Å². The SMILES string of the molecule is CCOc1ccc(C(C)(C)c2cc(C(C)(C)c3ccc(OCC)cc3)cc(C(C)(C)c3ccc(OCC)cc3)c2)cc1. The van der Waals surface area contributed by atoms with Crippen molar-refractivity contribution in [1.29, 1.82) is 0 Å². The maximum atomic E-state index is 5.73. The van der Waals surface area contributed by atoms with Crippen molar-refractivity contribution in [3.63, 3.8) is 0 Å². The van der Waals surface area contributed by atoms with Gasteiger partial charge in [0.15, 0.2) is 0 Å². The molecule has 4 rings (SSSR count). The van der Waals surface area contributed by atoms with E-state index < -0.39 is 0 Å². The van der Waals surface area contributed by atoms with Crippen molar-refractivity contribution in [3.05, 3.63) is 124 Å². The van der Waals surface area contributed by atoms with Crippen LogP contribution in [0.2, 0.25) is 0 Å². The largest absolute Gasteiger partial charge is 0.494 e. The summed E-state index contributed by atoms with van der Waals surface area (Å²) in [5, 5.41) is 0. The molecule has 0 fully saturated rings. The molecule has 4 aromatic carbocycles. The molecule has 0 N–H and O–H groups in total. The number of rotatable bonds is 12. The van der Waals surface area contributed by atoms with Gasteiger partial charge < -0.3 is 14.2 Å². The van der Waals surface area contributed by atoms with E-state index in [4.69, 9.17) is 14.2 Å². The minimum atomic E-state index is -0.223. The first-order chi connectivity index (χ1) is 19.9. The molecule has 0 aliphatic carbocycles. The molecule has 0 saturated carbocycles. The third kappa shape index (κ3) is 6.51. The van der Waals surface area contributed by atoms with E-state index in [1.54, 1.807) is 0 Å². The predicted molar refractivity (Wildman–Crippen MR) is 176 cm³/mol. The van der Waals surface area contributed by atoms with E-state index in [-0.39, 0.29) is 16.2 Å².